The van der Waals surface area contributed by atoms with Gasteiger partial charge in [-0.3, -0.25) is 4.79 Å². The predicted molar refractivity (Wildman–Crippen MR) is 58.3 cm³/mol. The highest BCUT2D eigenvalue weighted by Crippen LogP contribution is 2.05. The van der Waals surface area contributed by atoms with Gasteiger partial charge in [0.25, 0.3) is 0 Å². The van der Waals surface area contributed by atoms with E-state index in [1.165, 1.54) is 12.0 Å². The van der Waals surface area contributed by atoms with Crippen molar-refractivity contribution in [1.29, 1.82) is 0 Å². The van der Waals surface area contributed by atoms with Gasteiger partial charge in [0, 0.05) is 26.7 Å². The first-order valence-corrected chi connectivity index (χ1v) is 5.07. The maximum atomic E-state index is 11.7. The van der Waals surface area contributed by atoms with E-state index in [-0.39, 0.29) is 31.0 Å². The zero-order valence-electron chi connectivity index (χ0n) is 9.93. The molecule has 5 nitrogen and oxygen atoms in total. The second kappa shape index (κ2) is 6.76. The van der Waals surface area contributed by atoms with Crippen LogP contribution in [0, 0.1) is 5.92 Å². The lowest BCUT2D eigenvalue weighted by Gasteiger charge is -2.25. The third kappa shape index (κ3) is 5.11. The van der Waals surface area contributed by atoms with Crippen molar-refractivity contribution in [2.75, 3.05) is 27.3 Å². The van der Waals surface area contributed by atoms with Crippen LogP contribution in [0.3, 0.4) is 0 Å². The summed E-state index contributed by atoms with van der Waals surface area (Å²) in [5, 5.41) is 9.44. The zero-order chi connectivity index (χ0) is 12.0. The quantitative estimate of drug-likeness (QED) is 0.626. The van der Waals surface area contributed by atoms with E-state index in [1.807, 2.05) is 0 Å². The molecule has 0 heterocycles. The van der Waals surface area contributed by atoms with Gasteiger partial charge in [-0.05, 0) is 6.92 Å². The Hall–Kier alpha value is -0.650. The molecule has 5 heteroatoms. The van der Waals surface area contributed by atoms with Gasteiger partial charge < -0.3 is 20.5 Å². The lowest BCUT2D eigenvalue weighted by atomic mass is 10.0. The van der Waals surface area contributed by atoms with Crippen molar-refractivity contribution in [2.45, 2.75) is 26.0 Å². The van der Waals surface area contributed by atoms with E-state index in [0.29, 0.717) is 0 Å². The molecule has 0 spiro atoms. The molecule has 0 aliphatic carbocycles. The van der Waals surface area contributed by atoms with E-state index in [0.717, 1.165) is 0 Å². The van der Waals surface area contributed by atoms with Gasteiger partial charge in [-0.1, -0.05) is 6.92 Å². The zero-order valence-corrected chi connectivity index (χ0v) is 9.93. The Morgan fingerprint density at radius 2 is 2.07 bits per heavy atom. The van der Waals surface area contributed by atoms with E-state index < -0.39 is 6.10 Å². The van der Waals surface area contributed by atoms with Crippen LogP contribution >= 0.6 is 0 Å². The molecule has 0 aromatic rings. The molecule has 3 atom stereocenters. The molecule has 0 rings (SSSR count). The Morgan fingerprint density at radius 1 is 1.53 bits per heavy atom. The van der Waals surface area contributed by atoms with Crippen molar-refractivity contribution < 1.29 is 14.6 Å². The lowest BCUT2D eigenvalue weighted by Crippen LogP contribution is -2.43. The maximum Gasteiger partial charge on any atom is 0.226 e. The first kappa shape index (κ1) is 14.3. The summed E-state index contributed by atoms with van der Waals surface area (Å²) in [7, 11) is 3.16. The highest BCUT2D eigenvalue weighted by molar-refractivity contribution is 5.78. The molecule has 3 unspecified atom stereocenters. The first-order chi connectivity index (χ1) is 6.90. The lowest BCUT2D eigenvalue weighted by molar-refractivity contribution is -0.135. The van der Waals surface area contributed by atoms with Gasteiger partial charge in [0.05, 0.1) is 18.6 Å². The third-order valence-electron chi connectivity index (χ3n) is 2.40. The van der Waals surface area contributed by atoms with Gasteiger partial charge in [0.1, 0.15) is 0 Å². The molecule has 0 bridgehead atoms. The summed E-state index contributed by atoms with van der Waals surface area (Å²) in [4.78, 5) is 13.2. The van der Waals surface area contributed by atoms with E-state index in [2.05, 4.69) is 0 Å². The van der Waals surface area contributed by atoms with Crippen LogP contribution in [0.25, 0.3) is 0 Å². The fraction of sp³-hybridized carbons (Fsp3) is 0.900. The summed E-state index contributed by atoms with van der Waals surface area (Å²) in [5.74, 6) is -0.287. The molecular formula is C10H22N2O3. The standard InChI is InChI=1S/C10H22N2O3/c1-7(8(2)11)10(14)12(3)5-9(13)6-15-4/h7-9,13H,5-6,11H2,1-4H3. The highest BCUT2D eigenvalue weighted by Gasteiger charge is 2.22. The number of amides is 1. The van der Waals surface area contributed by atoms with Crippen molar-refractivity contribution >= 4 is 5.91 Å². The van der Waals surface area contributed by atoms with Crippen LogP contribution in [0.2, 0.25) is 0 Å². The Balaban J connectivity index is 4.09. The van der Waals surface area contributed by atoms with Crippen molar-refractivity contribution in [2.24, 2.45) is 11.7 Å². The molecule has 90 valence electrons. The Bertz CT molecular complexity index is 197. The topological polar surface area (TPSA) is 75.8 Å². The second-order valence-electron chi connectivity index (χ2n) is 3.98. The molecule has 1 amide bonds. The number of hydrogen-bond donors (Lipinski definition) is 2. The highest BCUT2D eigenvalue weighted by atomic mass is 16.5. The van der Waals surface area contributed by atoms with Crippen molar-refractivity contribution in [3.05, 3.63) is 0 Å². The fourth-order valence-corrected chi connectivity index (χ4v) is 1.22. The monoisotopic (exact) mass is 218 g/mol. The predicted octanol–water partition coefficient (Wildman–Crippen LogP) is -0.565. The van der Waals surface area contributed by atoms with Crippen LogP contribution in [-0.4, -0.2) is 55.4 Å². The molecule has 0 aromatic carbocycles. The molecule has 0 aliphatic rings. The molecule has 0 saturated heterocycles. The molecule has 0 radical (unpaired) electrons. The van der Waals surface area contributed by atoms with Crippen LogP contribution in [0.15, 0.2) is 0 Å². The van der Waals surface area contributed by atoms with Gasteiger partial charge in [0.15, 0.2) is 0 Å². The number of ether oxygens (including phenoxy) is 1. The summed E-state index contributed by atoms with van der Waals surface area (Å²) >= 11 is 0. The summed E-state index contributed by atoms with van der Waals surface area (Å²) in [6.45, 7) is 4.07. The first-order valence-electron chi connectivity index (χ1n) is 5.07. The van der Waals surface area contributed by atoms with E-state index in [1.54, 1.807) is 20.9 Å². The minimum Gasteiger partial charge on any atom is -0.389 e. The molecule has 3 N–H and O–H groups in total. The Morgan fingerprint density at radius 3 is 2.47 bits per heavy atom. The summed E-state index contributed by atoms with van der Waals surface area (Å²) in [6, 6.07) is -0.181. The normalized spacial score (nSPS) is 16.9. The molecule has 0 fully saturated rings. The SMILES string of the molecule is COCC(O)CN(C)C(=O)C(C)C(C)N. The Labute approximate surface area is 91.2 Å². The molecule has 0 aliphatic heterocycles. The average Bonchev–Trinajstić information content (AvgIpc) is 2.15. The Kier molecular flexibility index (Phi) is 6.47. The van der Waals surface area contributed by atoms with Gasteiger partial charge >= 0.3 is 0 Å². The number of likely N-dealkylation sites (N-methyl/N-ethyl adjacent to an activating group) is 1. The largest absolute Gasteiger partial charge is 0.389 e. The smallest absolute Gasteiger partial charge is 0.226 e. The number of nitrogens with two attached hydrogens (primary N) is 1. The molecule has 0 saturated carbocycles. The number of carbonyl (C=O) groups excluding carboxylic acids is 1. The summed E-state index contributed by atoms with van der Waals surface area (Å²) in [6.07, 6.45) is -0.649. The second-order valence-corrected chi connectivity index (χ2v) is 3.98. The molecule has 15 heavy (non-hydrogen) atoms. The van der Waals surface area contributed by atoms with Gasteiger partial charge in [0.2, 0.25) is 5.91 Å². The van der Waals surface area contributed by atoms with Gasteiger partial charge in [-0.25, -0.2) is 0 Å². The van der Waals surface area contributed by atoms with E-state index in [9.17, 15) is 9.90 Å². The van der Waals surface area contributed by atoms with Crippen LogP contribution in [-0.2, 0) is 9.53 Å². The van der Waals surface area contributed by atoms with E-state index >= 15 is 0 Å². The van der Waals surface area contributed by atoms with Crippen LogP contribution in [0.1, 0.15) is 13.8 Å². The van der Waals surface area contributed by atoms with Gasteiger partial charge in [-0.15, -0.1) is 0 Å². The minimum atomic E-state index is -0.649. The summed E-state index contributed by atoms with van der Waals surface area (Å²) < 4.78 is 4.78. The number of aliphatic hydroxyl groups excluding tert-OH is 1. The number of nitrogens with zero attached hydrogens (tertiary/aromatic N) is 1. The van der Waals surface area contributed by atoms with Gasteiger partial charge in [-0.2, -0.15) is 0 Å². The van der Waals surface area contributed by atoms with Crippen LogP contribution in [0.4, 0.5) is 0 Å². The van der Waals surface area contributed by atoms with Crippen molar-refractivity contribution in [1.82, 2.24) is 4.90 Å². The molecule has 0 aromatic heterocycles. The maximum absolute atomic E-state index is 11.7. The van der Waals surface area contributed by atoms with Crippen LogP contribution in [0.5, 0.6) is 0 Å². The number of aliphatic hydroxyl groups is 1. The van der Waals surface area contributed by atoms with Crippen molar-refractivity contribution in [3.8, 4) is 0 Å². The van der Waals surface area contributed by atoms with Crippen molar-refractivity contribution in [3.63, 3.8) is 0 Å². The fourth-order valence-electron chi connectivity index (χ4n) is 1.22. The number of methoxy groups -OCH3 is 1. The van der Waals surface area contributed by atoms with E-state index in [4.69, 9.17) is 10.5 Å². The number of hydrogen-bond acceptors (Lipinski definition) is 4. The van der Waals surface area contributed by atoms with Crippen LogP contribution < -0.4 is 5.73 Å². The number of carbonyl (C=O) groups is 1. The summed E-state index contributed by atoms with van der Waals surface area (Å²) in [5.41, 5.74) is 5.63. The minimum absolute atomic E-state index is 0.0554. The molecular weight excluding hydrogens is 196 g/mol. The third-order valence-corrected chi connectivity index (χ3v) is 2.40. The number of rotatable bonds is 6. The average molecular weight is 218 g/mol.